The summed E-state index contributed by atoms with van der Waals surface area (Å²) in [4.78, 5) is 3.83. The minimum Gasteiger partial charge on any atom is -0.266 e. The van der Waals surface area contributed by atoms with Crippen LogP contribution in [0.4, 0.5) is 5.69 Å². The summed E-state index contributed by atoms with van der Waals surface area (Å²) < 4.78 is 0. The highest BCUT2D eigenvalue weighted by Crippen LogP contribution is 2.24. The molecule has 0 saturated carbocycles. The predicted molar refractivity (Wildman–Crippen MR) is 55.8 cm³/mol. The first-order valence-corrected chi connectivity index (χ1v) is 4.31. The molecule has 0 aliphatic carbocycles. The molecule has 0 fully saturated rings. The molecule has 0 unspecified atom stereocenters. The van der Waals surface area contributed by atoms with Crippen LogP contribution in [0.3, 0.4) is 0 Å². The number of benzene rings is 1. The predicted octanol–water partition coefficient (Wildman–Crippen LogP) is 2.95. The van der Waals surface area contributed by atoms with Gasteiger partial charge >= 0.3 is 0 Å². The molecule has 1 heterocycles. The summed E-state index contributed by atoms with van der Waals surface area (Å²) in [5, 5.41) is 10.4. The van der Waals surface area contributed by atoms with Crippen LogP contribution in [0.15, 0.2) is 23.2 Å². The maximum Gasteiger partial charge on any atom is 0.132 e. The number of isothiocyanates is 1. The Morgan fingerprint density at radius 1 is 1.54 bits per heavy atom. The van der Waals surface area contributed by atoms with Crippen LogP contribution >= 0.6 is 23.8 Å². The number of rotatable bonds is 1. The Labute approximate surface area is 84.4 Å². The zero-order valence-electron chi connectivity index (χ0n) is 6.41. The Morgan fingerprint density at radius 3 is 3.15 bits per heavy atom. The SMILES string of the molecule is S=C=Nc1ccc2c(Cl)[nH]nc2c1. The van der Waals surface area contributed by atoms with Crippen LogP contribution in [0.1, 0.15) is 0 Å². The van der Waals surface area contributed by atoms with Gasteiger partial charge in [0.05, 0.1) is 16.4 Å². The lowest BCUT2D eigenvalue weighted by molar-refractivity contribution is 1.12. The molecule has 0 bridgehead atoms. The first-order chi connectivity index (χ1) is 6.31. The van der Waals surface area contributed by atoms with Gasteiger partial charge < -0.3 is 0 Å². The molecule has 0 radical (unpaired) electrons. The number of aliphatic imine (C=N–C) groups is 1. The molecule has 0 amide bonds. The number of hydrogen-bond acceptors (Lipinski definition) is 3. The molecular weight excluding hydrogens is 206 g/mol. The van der Waals surface area contributed by atoms with E-state index >= 15 is 0 Å². The number of thiocarbonyl (C=S) groups is 1. The maximum atomic E-state index is 5.82. The lowest BCUT2D eigenvalue weighted by atomic mass is 10.2. The first-order valence-electron chi connectivity index (χ1n) is 3.53. The van der Waals surface area contributed by atoms with Crippen molar-refractivity contribution in [3.63, 3.8) is 0 Å². The number of halogens is 1. The van der Waals surface area contributed by atoms with Crippen molar-refractivity contribution in [1.82, 2.24) is 10.2 Å². The highest BCUT2D eigenvalue weighted by atomic mass is 35.5. The van der Waals surface area contributed by atoms with Gasteiger partial charge in [0.25, 0.3) is 0 Å². The van der Waals surface area contributed by atoms with E-state index in [0.29, 0.717) is 5.15 Å². The second-order valence-electron chi connectivity index (χ2n) is 2.44. The zero-order valence-corrected chi connectivity index (χ0v) is 7.99. The van der Waals surface area contributed by atoms with Gasteiger partial charge in [-0.2, -0.15) is 10.1 Å². The number of fused-ring (bicyclic) bond motifs is 1. The monoisotopic (exact) mass is 209 g/mol. The summed E-state index contributed by atoms with van der Waals surface area (Å²) in [6, 6.07) is 5.44. The van der Waals surface area contributed by atoms with Gasteiger partial charge in [-0.25, -0.2) is 0 Å². The van der Waals surface area contributed by atoms with Crippen LogP contribution in [0.2, 0.25) is 5.15 Å². The van der Waals surface area contributed by atoms with Crippen LogP contribution < -0.4 is 0 Å². The Balaban J connectivity index is 2.69. The first kappa shape index (κ1) is 8.38. The molecular formula is C8H4ClN3S. The van der Waals surface area contributed by atoms with E-state index in [4.69, 9.17) is 11.6 Å². The molecule has 2 aromatic rings. The molecule has 5 heteroatoms. The third-order valence-electron chi connectivity index (χ3n) is 1.67. The van der Waals surface area contributed by atoms with Gasteiger partial charge in [-0.05, 0) is 30.4 Å². The van der Waals surface area contributed by atoms with Crippen molar-refractivity contribution in [3.8, 4) is 0 Å². The Bertz CT molecular complexity index is 499. The number of nitrogens with zero attached hydrogens (tertiary/aromatic N) is 2. The summed E-state index contributed by atoms with van der Waals surface area (Å²) in [5.74, 6) is 0. The summed E-state index contributed by atoms with van der Waals surface area (Å²) in [5.41, 5.74) is 1.50. The third kappa shape index (κ3) is 1.47. The number of H-pyrrole nitrogens is 1. The molecule has 1 aromatic carbocycles. The summed E-state index contributed by atoms with van der Waals surface area (Å²) in [6.07, 6.45) is 0. The zero-order chi connectivity index (χ0) is 9.26. The van der Waals surface area contributed by atoms with E-state index in [2.05, 4.69) is 32.6 Å². The Kier molecular flexibility index (Phi) is 2.10. The van der Waals surface area contributed by atoms with Crippen molar-refractivity contribution >= 4 is 45.6 Å². The van der Waals surface area contributed by atoms with Crippen molar-refractivity contribution in [2.24, 2.45) is 4.99 Å². The molecule has 2 rings (SSSR count). The Morgan fingerprint density at radius 2 is 2.38 bits per heavy atom. The normalized spacial score (nSPS) is 9.92. The number of nitrogens with one attached hydrogen (secondary N) is 1. The van der Waals surface area contributed by atoms with Crippen molar-refractivity contribution in [3.05, 3.63) is 23.4 Å². The largest absolute Gasteiger partial charge is 0.266 e. The van der Waals surface area contributed by atoms with Crippen molar-refractivity contribution < 1.29 is 0 Å². The van der Waals surface area contributed by atoms with E-state index in [-0.39, 0.29) is 0 Å². The van der Waals surface area contributed by atoms with Crippen LogP contribution in [-0.4, -0.2) is 15.4 Å². The highest BCUT2D eigenvalue weighted by Gasteiger charge is 2.02. The minimum atomic E-state index is 0.535. The highest BCUT2D eigenvalue weighted by molar-refractivity contribution is 7.78. The van der Waals surface area contributed by atoms with Crippen LogP contribution in [0.25, 0.3) is 10.9 Å². The molecule has 64 valence electrons. The standard InChI is InChI=1S/C8H4ClN3S/c9-8-6-2-1-5(10-4-13)3-7(6)11-12-8/h1-3H,(H,11,12). The fraction of sp³-hybridized carbons (Fsp3) is 0. The molecule has 0 saturated heterocycles. The van der Waals surface area contributed by atoms with Gasteiger partial charge in [-0.15, -0.1) is 0 Å². The second-order valence-corrected chi connectivity index (χ2v) is 3.00. The maximum absolute atomic E-state index is 5.82. The van der Waals surface area contributed by atoms with Gasteiger partial charge in [0.2, 0.25) is 0 Å². The molecule has 3 nitrogen and oxygen atoms in total. The molecule has 13 heavy (non-hydrogen) atoms. The van der Waals surface area contributed by atoms with E-state index in [1.165, 1.54) is 0 Å². The van der Waals surface area contributed by atoms with Gasteiger partial charge in [-0.1, -0.05) is 11.6 Å². The average molecular weight is 210 g/mol. The average Bonchev–Trinajstić information content (AvgIpc) is 2.48. The van der Waals surface area contributed by atoms with Crippen molar-refractivity contribution in [1.29, 1.82) is 0 Å². The van der Waals surface area contributed by atoms with E-state index in [0.717, 1.165) is 16.6 Å². The van der Waals surface area contributed by atoms with Gasteiger partial charge in [-0.3, -0.25) is 5.10 Å². The van der Waals surface area contributed by atoms with Crippen LogP contribution in [0.5, 0.6) is 0 Å². The number of hydrogen-bond donors (Lipinski definition) is 1. The molecule has 0 aliphatic rings. The molecule has 0 atom stereocenters. The van der Waals surface area contributed by atoms with Crippen molar-refractivity contribution in [2.75, 3.05) is 0 Å². The second kappa shape index (κ2) is 3.26. The summed E-state index contributed by atoms with van der Waals surface area (Å²) >= 11 is 10.3. The fourth-order valence-corrected chi connectivity index (χ4v) is 1.40. The topological polar surface area (TPSA) is 41.0 Å². The lowest BCUT2D eigenvalue weighted by Crippen LogP contribution is -1.67. The third-order valence-corrected chi connectivity index (χ3v) is 2.05. The smallest absolute Gasteiger partial charge is 0.132 e. The summed E-state index contributed by atoms with van der Waals surface area (Å²) in [6.45, 7) is 0. The lowest BCUT2D eigenvalue weighted by Gasteiger charge is -1.89. The quantitative estimate of drug-likeness (QED) is 0.580. The summed E-state index contributed by atoms with van der Waals surface area (Å²) in [7, 11) is 0. The van der Waals surface area contributed by atoms with E-state index < -0.39 is 0 Å². The van der Waals surface area contributed by atoms with Crippen LogP contribution in [-0.2, 0) is 0 Å². The molecule has 0 spiro atoms. The molecule has 0 aliphatic heterocycles. The van der Waals surface area contributed by atoms with Gasteiger partial charge in [0, 0.05) is 5.39 Å². The van der Waals surface area contributed by atoms with Gasteiger partial charge in [0.15, 0.2) is 0 Å². The van der Waals surface area contributed by atoms with E-state index in [1.807, 2.05) is 12.1 Å². The van der Waals surface area contributed by atoms with E-state index in [9.17, 15) is 0 Å². The van der Waals surface area contributed by atoms with E-state index in [1.54, 1.807) is 6.07 Å². The van der Waals surface area contributed by atoms with Crippen LogP contribution in [0, 0.1) is 0 Å². The fourth-order valence-electron chi connectivity index (χ4n) is 1.09. The number of aromatic nitrogens is 2. The Hall–Kier alpha value is -1.22. The van der Waals surface area contributed by atoms with Crippen molar-refractivity contribution in [2.45, 2.75) is 0 Å². The van der Waals surface area contributed by atoms with Gasteiger partial charge in [0.1, 0.15) is 5.15 Å². The minimum absolute atomic E-state index is 0.535. The molecule has 1 N–H and O–H groups in total. The molecule has 1 aromatic heterocycles. The number of aromatic amines is 1.